The van der Waals surface area contributed by atoms with E-state index in [0.717, 1.165) is 12.1 Å². The summed E-state index contributed by atoms with van der Waals surface area (Å²) < 4.78 is 0. The van der Waals surface area contributed by atoms with Gasteiger partial charge in [0.1, 0.15) is 5.78 Å². The molecule has 1 unspecified atom stereocenters. The van der Waals surface area contributed by atoms with Crippen LogP contribution in [0.4, 0.5) is 5.69 Å². The molecule has 1 saturated carbocycles. The Bertz CT molecular complexity index is 335. The van der Waals surface area contributed by atoms with Crippen molar-refractivity contribution < 1.29 is 4.79 Å². The SMILES string of the molecule is Nc1cccnc1C1CCC(=O)C1. The van der Waals surface area contributed by atoms with Crippen LogP contribution in [0.15, 0.2) is 18.3 Å². The van der Waals surface area contributed by atoms with Gasteiger partial charge in [0, 0.05) is 25.0 Å². The highest BCUT2D eigenvalue weighted by Crippen LogP contribution is 2.33. The van der Waals surface area contributed by atoms with Crippen LogP contribution in [0.1, 0.15) is 30.9 Å². The molecule has 13 heavy (non-hydrogen) atoms. The number of hydrogen-bond acceptors (Lipinski definition) is 3. The van der Waals surface area contributed by atoms with Gasteiger partial charge in [0.2, 0.25) is 0 Å². The van der Waals surface area contributed by atoms with Crippen LogP contribution in [0.2, 0.25) is 0 Å². The molecule has 0 bridgehead atoms. The van der Waals surface area contributed by atoms with Crippen molar-refractivity contribution in [3.05, 3.63) is 24.0 Å². The van der Waals surface area contributed by atoms with Gasteiger partial charge < -0.3 is 5.73 Å². The average molecular weight is 176 g/mol. The number of ketones is 1. The number of nitrogens with two attached hydrogens (primary N) is 1. The average Bonchev–Trinajstić information content (AvgIpc) is 2.53. The lowest BCUT2D eigenvalue weighted by molar-refractivity contribution is -0.117. The molecule has 0 spiro atoms. The fourth-order valence-corrected chi connectivity index (χ4v) is 1.82. The van der Waals surface area contributed by atoms with E-state index in [0.29, 0.717) is 24.3 Å². The number of anilines is 1. The summed E-state index contributed by atoms with van der Waals surface area (Å²) in [6.07, 6.45) is 3.93. The van der Waals surface area contributed by atoms with Crippen molar-refractivity contribution in [3.8, 4) is 0 Å². The van der Waals surface area contributed by atoms with Gasteiger partial charge in [-0.2, -0.15) is 0 Å². The number of hydrogen-bond donors (Lipinski definition) is 1. The summed E-state index contributed by atoms with van der Waals surface area (Å²) in [5, 5.41) is 0. The molecule has 2 N–H and O–H groups in total. The number of aromatic nitrogens is 1. The van der Waals surface area contributed by atoms with Gasteiger partial charge in [-0.05, 0) is 18.6 Å². The zero-order valence-corrected chi connectivity index (χ0v) is 7.36. The normalized spacial score (nSPS) is 22.2. The number of rotatable bonds is 1. The van der Waals surface area contributed by atoms with Crippen LogP contribution in [-0.2, 0) is 4.79 Å². The van der Waals surface area contributed by atoms with Gasteiger partial charge in [0.25, 0.3) is 0 Å². The van der Waals surface area contributed by atoms with Crippen LogP contribution >= 0.6 is 0 Å². The van der Waals surface area contributed by atoms with E-state index in [1.165, 1.54) is 0 Å². The van der Waals surface area contributed by atoms with E-state index >= 15 is 0 Å². The van der Waals surface area contributed by atoms with Gasteiger partial charge in [-0.3, -0.25) is 9.78 Å². The predicted molar refractivity (Wildman–Crippen MR) is 50.2 cm³/mol. The van der Waals surface area contributed by atoms with E-state index in [9.17, 15) is 4.79 Å². The van der Waals surface area contributed by atoms with Gasteiger partial charge in [-0.25, -0.2) is 0 Å². The van der Waals surface area contributed by atoms with E-state index in [-0.39, 0.29) is 5.92 Å². The van der Waals surface area contributed by atoms with Gasteiger partial charge in [0.15, 0.2) is 0 Å². The first-order chi connectivity index (χ1) is 6.27. The standard InChI is InChI=1S/C10H12N2O/c11-9-2-1-5-12-10(9)7-3-4-8(13)6-7/h1-2,5,7H,3-4,6,11H2. The molecule has 1 aromatic heterocycles. The molecule has 1 fully saturated rings. The topological polar surface area (TPSA) is 56.0 Å². The van der Waals surface area contributed by atoms with E-state index in [2.05, 4.69) is 4.98 Å². The zero-order chi connectivity index (χ0) is 9.26. The Morgan fingerprint density at radius 2 is 2.38 bits per heavy atom. The van der Waals surface area contributed by atoms with Crippen LogP contribution in [0.25, 0.3) is 0 Å². The van der Waals surface area contributed by atoms with E-state index in [1.807, 2.05) is 12.1 Å². The summed E-state index contributed by atoms with van der Waals surface area (Å²) in [5.74, 6) is 0.587. The molecule has 1 aliphatic rings. The smallest absolute Gasteiger partial charge is 0.133 e. The van der Waals surface area contributed by atoms with E-state index in [4.69, 9.17) is 5.73 Å². The summed E-state index contributed by atoms with van der Waals surface area (Å²) >= 11 is 0. The first-order valence-corrected chi connectivity index (χ1v) is 4.49. The lowest BCUT2D eigenvalue weighted by atomic mass is 10.0. The summed E-state index contributed by atoms with van der Waals surface area (Å²) in [6.45, 7) is 0. The predicted octanol–water partition coefficient (Wildman–Crippen LogP) is 1.50. The van der Waals surface area contributed by atoms with Gasteiger partial charge >= 0.3 is 0 Å². The first-order valence-electron chi connectivity index (χ1n) is 4.49. The monoisotopic (exact) mass is 176 g/mol. The number of carbonyl (C=O) groups is 1. The maximum atomic E-state index is 11.1. The molecule has 3 nitrogen and oxygen atoms in total. The van der Waals surface area contributed by atoms with Crippen molar-refractivity contribution in [2.75, 3.05) is 5.73 Å². The highest BCUT2D eigenvalue weighted by molar-refractivity contribution is 5.81. The van der Waals surface area contributed by atoms with Gasteiger partial charge in [0.05, 0.1) is 11.4 Å². The number of Topliss-reactive ketones (excluding diaryl/α,β-unsaturated/α-hetero) is 1. The molecule has 1 aromatic rings. The summed E-state index contributed by atoms with van der Waals surface area (Å²) in [5.41, 5.74) is 7.38. The van der Waals surface area contributed by atoms with Crippen molar-refractivity contribution in [1.82, 2.24) is 4.98 Å². The lowest BCUT2D eigenvalue weighted by Crippen LogP contribution is -2.02. The molecule has 68 valence electrons. The quantitative estimate of drug-likeness (QED) is 0.705. The molecule has 3 heteroatoms. The van der Waals surface area contributed by atoms with Crippen molar-refractivity contribution in [1.29, 1.82) is 0 Å². The number of carbonyl (C=O) groups excluding carboxylic acids is 1. The van der Waals surface area contributed by atoms with Crippen molar-refractivity contribution in [3.63, 3.8) is 0 Å². The number of nitrogens with zero attached hydrogens (tertiary/aromatic N) is 1. The maximum absolute atomic E-state index is 11.1. The minimum atomic E-state index is 0.258. The molecule has 1 aliphatic carbocycles. The lowest BCUT2D eigenvalue weighted by Gasteiger charge is -2.09. The Morgan fingerprint density at radius 3 is 3.00 bits per heavy atom. The second-order valence-electron chi connectivity index (χ2n) is 3.46. The van der Waals surface area contributed by atoms with E-state index < -0.39 is 0 Å². The Balaban J connectivity index is 2.26. The van der Waals surface area contributed by atoms with Crippen LogP contribution in [0.5, 0.6) is 0 Å². The van der Waals surface area contributed by atoms with Crippen LogP contribution in [0.3, 0.4) is 0 Å². The molecular formula is C10H12N2O. The largest absolute Gasteiger partial charge is 0.397 e. The van der Waals surface area contributed by atoms with Crippen LogP contribution in [-0.4, -0.2) is 10.8 Å². The minimum absolute atomic E-state index is 0.258. The summed E-state index contributed by atoms with van der Waals surface area (Å²) in [4.78, 5) is 15.3. The molecule has 1 atom stereocenters. The second kappa shape index (κ2) is 3.17. The van der Waals surface area contributed by atoms with Crippen molar-refractivity contribution in [2.45, 2.75) is 25.2 Å². The zero-order valence-electron chi connectivity index (χ0n) is 7.36. The molecule has 0 radical (unpaired) electrons. The van der Waals surface area contributed by atoms with Crippen LogP contribution < -0.4 is 5.73 Å². The molecule has 0 saturated heterocycles. The minimum Gasteiger partial charge on any atom is -0.397 e. The molecule has 0 amide bonds. The highest BCUT2D eigenvalue weighted by atomic mass is 16.1. The Kier molecular flexibility index (Phi) is 2.00. The highest BCUT2D eigenvalue weighted by Gasteiger charge is 2.25. The van der Waals surface area contributed by atoms with Gasteiger partial charge in [-0.1, -0.05) is 0 Å². The molecular weight excluding hydrogens is 164 g/mol. The fourth-order valence-electron chi connectivity index (χ4n) is 1.82. The third-order valence-electron chi connectivity index (χ3n) is 2.50. The molecule has 2 rings (SSSR count). The van der Waals surface area contributed by atoms with Crippen molar-refractivity contribution >= 4 is 11.5 Å². The first kappa shape index (κ1) is 8.23. The Labute approximate surface area is 77.0 Å². The number of nitrogen functional groups attached to an aromatic ring is 1. The summed E-state index contributed by atoms with van der Waals surface area (Å²) in [6, 6.07) is 3.65. The van der Waals surface area contributed by atoms with Gasteiger partial charge in [-0.15, -0.1) is 0 Å². The summed E-state index contributed by atoms with van der Waals surface area (Å²) in [7, 11) is 0. The Hall–Kier alpha value is -1.38. The third kappa shape index (κ3) is 1.54. The van der Waals surface area contributed by atoms with Crippen LogP contribution in [0, 0.1) is 0 Å². The molecule has 0 aliphatic heterocycles. The van der Waals surface area contributed by atoms with E-state index in [1.54, 1.807) is 6.20 Å². The third-order valence-corrected chi connectivity index (χ3v) is 2.50. The van der Waals surface area contributed by atoms with Crippen molar-refractivity contribution in [2.24, 2.45) is 0 Å². The fraction of sp³-hybridized carbons (Fsp3) is 0.400. The molecule has 0 aromatic carbocycles. The Morgan fingerprint density at radius 1 is 1.54 bits per heavy atom. The maximum Gasteiger partial charge on any atom is 0.133 e. The molecule has 1 heterocycles. The number of pyridine rings is 1. The second-order valence-corrected chi connectivity index (χ2v) is 3.46.